The van der Waals surface area contributed by atoms with E-state index in [1.54, 1.807) is 0 Å². The molecule has 3 aromatic rings. The Morgan fingerprint density at radius 1 is 0.536 bits per heavy atom. The fourth-order valence-electron chi connectivity index (χ4n) is 3.48. The van der Waals surface area contributed by atoms with Crippen LogP contribution in [-0.4, -0.2) is 11.4 Å². The van der Waals surface area contributed by atoms with Gasteiger partial charge in [-0.3, -0.25) is 9.98 Å². The first-order chi connectivity index (χ1) is 13.9. The minimum Gasteiger partial charge on any atom is -0.252 e. The lowest BCUT2D eigenvalue weighted by Gasteiger charge is -2.05. The van der Waals surface area contributed by atoms with Crippen LogP contribution in [0.15, 0.2) is 82.8 Å². The van der Waals surface area contributed by atoms with Gasteiger partial charge in [0.2, 0.25) is 0 Å². The summed E-state index contributed by atoms with van der Waals surface area (Å²) in [6.07, 6.45) is 1.82. The van der Waals surface area contributed by atoms with E-state index in [0.717, 1.165) is 35.6 Å². The van der Waals surface area contributed by atoms with E-state index in [9.17, 15) is 0 Å². The molecule has 2 aliphatic heterocycles. The van der Waals surface area contributed by atoms with Crippen molar-refractivity contribution in [3.05, 3.63) is 95.1 Å². The standard InChI is InChI=1S/C22H16N2.2C2H6/c1-3-10-19-17(6-1)13-21(23-19)15-8-5-9-16(12-15)22-14-18-7-2-4-11-20(18)24-22;2*1-2/h1-12H,13-14H2;2*1-2H3. The topological polar surface area (TPSA) is 24.7 Å². The third-order valence-corrected chi connectivity index (χ3v) is 4.74. The third kappa shape index (κ3) is 3.96. The molecule has 28 heavy (non-hydrogen) atoms. The summed E-state index contributed by atoms with van der Waals surface area (Å²) >= 11 is 0. The minimum absolute atomic E-state index is 0.909. The Balaban J connectivity index is 0.000000531. The molecule has 0 unspecified atom stereocenters. The molecule has 142 valence electrons. The second-order valence-electron chi connectivity index (χ2n) is 6.31. The molecule has 0 aromatic heterocycles. The first kappa shape index (κ1) is 19.8. The van der Waals surface area contributed by atoms with Crippen molar-refractivity contribution < 1.29 is 0 Å². The average Bonchev–Trinajstić information content (AvgIpc) is 3.41. The lowest BCUT2D eigenvalue weighted by Crippen LogP contribution is -2.05. The second-order valence-corrected chi connectivity index (χ2v) is 6.31. The van der Waals surface area contributed by atoms with E-state index in [-0.39, 0.29) is 0 Å². The third-order valence-electron chi connectivity index (χ3n) is 4.74. The Kier molecular flexibility index (Phi) is 6.54. The van der Waals surface area contributed by atoms with Crippen LogP contribution < -0.4 is 0 Å². The predicted molar refractivity (Wildman–Crippen MR) is 122 cm³/mol. The van der Waals surface area contributed by atoms with Crippen LogP contribution >= 0.6 is 0 Å². The van der Waals surface area contributed by atoms with Crippen molar-refractivity contribution in [2.24, 2.45) is 9.98 Å². The molecule has 5 rings (SSSR count). The Morgan fingerprint density at radius 3 is 1.39 bits per heavy atom. The van der Waals surface area contributed by atoms with Crippen molar-refractivity contribution in [1.29, 1.82) is 0 Å². The van der Waals surface area contributed by atoms with E-state index in [1.165, 1.54) is 22.3 Å². The summed E-state index contributed by atoms with van der Waals surface area (Å²) in [5.41, 5.74) is 9.51. The monoisotopic (exact) mass is 368 g/mol. The van der Waals surface area contributed by atoms with E-state index < -0.39 is 0 Å². The molecule has 2 aliphatic rings. The van der Waals surface area contributed by atoms with Gasteiger partial charge in [-0.25, -0.2) is 0 Å². The fraction of sp³-hybridized carbons (Fsp3) is 0.231. The maximum atomic E-state index is 4.81. The van der Waals surface area contributed by atoms with Crippen molar-refractivity contribution in [2.75, 3.05) is 0 Å². The summed E-state index contributed by atoms with van der Waals surface area (Å²) in [5.74, 6) is 0. The number of para-hydroxylation sites is 2. The maximum absolute atomic E-state index is 4.81. The van der Waals surface area contributed by atoms with Crippen LogP contribution in [0.4, 0.5) is 11.4 Å². The molecule has 0 spiro atoms. The van der Waals surface area contributed by atoms with Crippen LogP contribution in [0.3, 0.4) is 0 Å². The summed E-state index contributed by atoms with van der Waals surface area (Å²) in [6.45, 7) is 8.00. The van der Waals surface area contributed by atoms with Gasteiger partial charge in [-0.05, 0) is 40.5 Å². The van der Waals surface area contributed by atoms with Gasteiger partial charge in [-0.2, -0.15) is 0 Å². The fourth-order valence-corrected chi connectivity index (χ4v) is 3.48. The molecule has 0 atom stereocenters. The summed E-state index contributed by atoms with van der Waals surface area (Å²) < 4.78 is 0. The zero-order valence-electron chi connectivity index (χ0n) is 17.2. The lowest BCUT2D eigenvalue weighted by molar-refractivity contribution is 1.37. The van der Waals surface area contributed by atoms with Crippen LogP contribution in [-0.2, 0) is 12.8 Å². The smallest absolute Gasteiger partial charge is 0.0669 e. The van der Waals surface area contributed by atoms with Gasteiger partial charge in [-0.1, -0.05) is 82.3 Å². The SMILES string of the molecule is CC.CC.c1cc(C2=Nc3ccccc3C2)cc(C2=Nc3ccccc3C2)c1. The van der Waals surface area contributed by atoms with Crippen LogP contribution in [0.5, 0.6) is 0 Å². The number of fused-ring (bicyclic) bond motifs is 2. The van der Waals surface area contributed by atoms with E-state index in [4.69, 9.17) is 9.98 Å². The molecule has 0 aliphatic carbocycles. The van der Waals surface area contributed by atoms with Crippen molar-refractivity contribution in [3.8, 4) is 0 Å². The highest BCUT2D eigenvalue weighted by atomic mass is 14.8. The quantitative estimate of drug-likeness (QED) is 0.461. The highest BCUT2D eigenvalue weighted by Gasteiger charge is 2.18. The maximum Gasteiger partial charge on any atom is 0.0669 e. The molecule has 2 nitrogen and oxygen atoms in total. The van der Waals surface area contributed by atoms with Gasteiger partial charge in [0.15, 0.2) is 0 Å². The van der Waals surface area contributed by atoms with Crippen molar-refractivity contribution in [3.63, 3.8) is 0 Å². The highest BCUT2D eigenvalue weighted by molar-refractivity contribution is 6.10. The average molecular weight is 369 g/mol. The summed E-state index contributed by atoms with van der Waals surface area (Å²) in [7, 11) is 0. The van der Waals surface area contributed by atoms with Gasteiger partial charge in [0.1, 0.15) is 0 Å². The largest absolute Gasteiger partial charge is 0.252 e. The van der Waals surface area contributed by atoms with E-state index in [0.29, 0.717) is 0 Å². The number of benzene rings is 3. The van der Waals surface area contributed by atoms with E-state index in [1.807, 2.05) is 39.8 Å². The number of rotatable bonds is 2. The molecule has 3 aromatic carbocycles. The Morgan fingerprint density at radius 2 is 0.964 bits per heavy atom. The zero-order chi connectivity index (χ0) is 19.9. The zero-order valence-corrected chi connectivity index (χ0v) is 17.2. The van der Waals surface area contributed by atoms with Crippen molar-refractivity contribution in [1.82, 2.24) is 0 Å². The van der Waals surface area contributed by atoms with Crippen molar-refractivity contribution >= 4 is 22.8 Å². The normalized spacial score (nSPS) is 13.1. The predicted octanol–water partition coefficient (Wildman–Crippen LogP) is 7.09. The first-order valence-corrected chi connectivity index (χ1v) is 10.3. The molecule has 0 bridgehead atoms. The minimum atomic E-state index is 0.909. The molecule has 0 saturated heterocycles. The van der Waals surface area contributed by atoms with Gasteiger partial charge in [0.25, 0.3) is 0 Å². The summed E-state index contributed by atoms with van der Waals surface area (Å²) in [5, 5.41) is 0. The molecule has 2 heteroatoms. The van der Waals surface area contributed by atoms with Crippen LogP contribution in [0.1, 0.15) is 49.9 Å². The summed E-state index contributed by atoms with van der Waals surface area (Å²) in [6, 6.07) is 25.4. The molecule has 0 radical (unpaired) electrons. The number of aliphatic imine (C=N–C) groups is 2. The molecular formula is C26H28N2. The van der Waals surface area contributed by atoms with E-state index in [2.05, 4.69) is 60.7 Å². The van der Waals surface area contributed by atoms with Crippen LogP contribution in [0.25, 0.3) is 0 Å². The lowest BCUT2D eigenvalue weighted by atomic mass is 9.99. The first-order valence-electron chi connectivity index (χ1n) is 10.3. The molecule has 0 saturated carbocycles. The van der Waals surface area contributed by atoms with Gasteiger partial charge in [-0.15, -0.1) is 0 Å². The van der Waals surface area contributed by atoms with Crippen LogP contribution in [0, 0.1) is 0 Å². The van der Waals surface area contributed by atoms with Gasteiger partial charge >= 0.3 is 0 Å². The van der Waals surface area contributed by atoms with E-state index >= 15 is 0 Å². The van der Waals surface area contributed by atoms with Gasteiger partial charge < -0.3 is 0 Å². The summed E-state index contributed by atoms with van der Waals surface area (Å²) in [4.78, 5) is 9.61. The number of hydrogen-bond donors (Lipinski definition) is 0. The molecule has 2 heterocycles. The van der Waals surface area contributed by atoms with Gasteiger partial charge in [0.05, 0.1) is 22.8 Å². The second kappa shape index (κ2) is 9.27. The molecule has 0 N–H and O–H groups in total. The Bertz CT molecular complexity index is 933. The molecular weight excluding hydrogens is 340 g/mol. The van der Waals surface area contributed by atoms with Gasteiger partial charge in [0, 0.05) is 12.8 Å². The molecule has 0 fully saturated rings. The number of nitrogens with zero attached hydrogens (tertiary/aromatic N) is 2. The van der Waals surface area contributed by atoms with Crippen molar-refractivity contribution in [2.45, 2.75) is 40.5 Å². The Labute approximate surface area is 168 Å². The van der Waals surface area contributed by atoms with Crippen LogP contribution in [0.2, 0.25) is 0 Å². The number of hydrogen-bond acceptors (Lipinski definition) is 2. The molecule has 0 amide bonds. The highest BCUT2D eigenvalue weighted by Crippen LogP contribution is 2.31. The Hall–Kier alpha value is -3.00.